The molecule has 3 nitrogen and oxygen atoms in total. The zero-order valence-electron chi connectivity index (χ0n) is 14.2. The molecule has 4 heteroatoms. The number of benzene rings is 2. The molecule has 0 radical (unpaired) electrons. The second-order valence-electron chi connectivity index (χ2n) is 5.84. The van der Waals surface area contributed by atoms with Crippen molar-refractivity contribution in [1.29, 1.82) is 0 Å². The first kappa shape index (κ1) is 17.5. The third kappa shape index (κ3) is 3.85. The molecule has 3 rings (SSSR count). The van der Waals surface area contributed by atoms with Gasteiger partial charge in [-0.2, -0.15) is 0 Å². The Morgan fingerprint density at radius 2 is 1.64 bits per heavy atom. The molecule has 0 spiro atoms. The molecule has 0 aliphatic rings. The van der Waals surface area contributed by atoms with Gasteiger partial charge in [0.05, 0.1) is 17.6 Å². The third-order valence-corrected chi connectivity index (χ3v) is 4.94. The summed E-state index contributed by atoms with van der Waals surface area (Å²) in [7, 11) is 0. The number of hydrogen-bond acceptors (Lipinski definition) is 1. The minimum absolute atomic E-state index is 0.0383. The lowest BCUT2D eigenvalue weighted by Crippen LogP contribution is -2.24. The maximum Gasteiger partial charge on any atom is 0.329 e. The summed E-state index contributed by atoms with van der Waals surface area (Å²) in [5, 5.41) is 0. The van der Waals surface area contributed by atoms with Crippen molar-refractivity contribution in [2.45, 2.75) is 26.4 Å². The van der Waals surface area contributed by atoms with Crippen molar-refractivity contribution < 1.29 is 0 Å². The fourth-order valence-electron chi connectivity index (χ4n) is 2.93. The SMILES string of the molecule is C/C=C\C=C/CCn1c(=O)n(Cc2ccccc2Br)c2ccccc21. The van der Waals surface area contributed by atoms with Gasteiger partial charge in [-0.25, -0.2) is 4.79 Å². The van der Waals surface area contributed by atoms with Gasteiger partial charge in [-0.05, 0) is 37.1 Å². The monoisotopic (exact) mass is 396 g/mol. The number of aryl methyl sites for hydroxylation is 1. The van der Waals surface area contributed by atoms with Crippen molar-refractivity contribution in [3.05, 3.63) is 93.4 Å². The summed E-state index contributed by atoms with van der Waals surface area (Å²) in [6.07, 6.45) is 8.93. The zero-order valence-corrected chi connectivity index (χ0v) is 15.8. The molecule has 1 heterocycles. The fourth-order valence-corrected chi connectivity index (χ4v) is 3.34. The normalized spacial score (nSPS) is 11.9. The molecule has 0 saturated carbocycles. The average molecular weight is 397 g/mol. The number of hydrogen-bond donors (Lipinski definition) is 0. The third-order valence-electron chi connectivity index (χ3n) is 4.17. The predicted molar refractivity (Wildman–Crippen MR) is 108 cm³/mol. The number of nitrogens with zero attached hydrogens (tertiary/aromatic N) is 2. The van der Waals surface area contributed by atoms with Crippen LogP contribution in [-0.4, -0.2) is 9.13 Å². The van der Waals surface area contributed by atoms with E-state index in [1.807, 2.05) is 82.8 Å². The molecule has 2 aromatic carbocycles. The van der Waals surface area contributed by atoms with E-state index in [-0.39, 0.29) is 5.69 Å². The van der Waals surface area contributed by atoms with Gasteiger partial charge in [-0.15, -0.1) is 0 Å². The maximum atomic E-state index is 13.0. The van der Waals surface area contributed by atoms with Crippen LogP contribution in [0.15, 0.2) is 82.1 Å². The molecule has 0 aliphatic heterocycles. The van der Waals surface area contributed by atoms with Gasteiger partial charge in [0.2, 0.25) is 0 Å². The molecule has 1 aromatic heterocycles. The van der Waals surface area contributed by atoms with Gasteiger partial charge in [-0.3, -0.25) is 9.13 Å². The summed E-state index contributed by atoms with van der Waals surface area (Å²) in [6.45, 7) is 3.22. The highest BCUT2D eigenvalue weighted by atomic mass is 79.9. The standard InChI is InChI=1S/C21H21BrN2O/c1-2-3-4-5-10-15-23-19-13-8-9-14-20(19)24(21(23)25)16-17-11-6-7-12-18(17)22/h2-9,11-14H,10,15-16H2,1H3/b3-2-,5-4-. The molecule has 0 N–H and O–H groups in total. The van der Waals surface area contributed by atoms with E-state index in [0.717, 1.165) is 27.5 Å². The van der Waals surface area contributed by atoms with Crippen LogP contribution in [0.25, 0.3) is 11.0 Å². The zero-order chi connectivity index (χ0) is 17.6. The maximum absolute atomic E-state index is 13.0. The Morgan fingerprint density at radius 1 is 0.960 bits per heavy atom. The largest absolute Gasteiger partial charge is 0.329 e. The van der Waals surface area contributed by atoms with Gasteiger partial charge < -0.3 is 0 Å². The van der Waals surface area contributed by atoms with Crippen LogP contribution < -0.4 is 5.69 Å². The summed E-state index contributed by atoms with van der Waals surface area (Å²) < 4.78 is 4.74. The lowest BCUT2D eigenvalue weighted by Gasteiger charge is -2.05. The average Bonchev–Trinajstić information content (AvgIpc) is 2.89. The lowest BCUT2D eigenvalue weighted by atomic mass is 10.2. The van der Waals surface area contributed by atoms with Crippen molar-refractivity contribution in [3.63, 3.8) is 0 Å². The van der Waals surface area contributed by atoms with E-state index >= 15 is 0 Å². The second kappa shape index (κ2) is 8.17. The lowest BCUT2D eigenvalue weighted by molar-refractivity contribution is 0.656. The Hall–Kier alpha value is -2.33. The Labute approximate surface area is 156 Å². The number of imidazole rings is 1. The molecule has 128 valence electrons. The molecule has 0 amide bonds. The van der Waals surface area contributed by atoms with Crippen LogP contribution in [0.4, 0.5) is 0 Å². The van der Waals surface area contributed by atoms with Crippen molar-refractivity contribution in [3.8, 4) is 0 Å². The van der Waals surface area contributed by atoms with Crippen molar-refractivity contribution in [1.82, 2.24) is 9.13 Å². The van der Waals surface area contributed by atoms with Gasteiger partial charge in [0.25, 0.3) is 0 Å². The molecule has 3 aromatic rings. The van der Waals surface area contributed by atoms with Gasteiger partial charge in [0, 0.05) is 11.0 Å². The highest BCUT2D eigenvalue weighted by Gasteiger charge is 2.13. The number of fused-ring (bicyclic) bond motifs is 1. The quantitative estimate of drug-likeness (QED) is 0.530. The summed E-state index contributed by atoms with van der Waals surface area (Å²) in [5.74, 6) is 0. The van der Waals surface area contributed by atoms with Crippen LogP contribution >= 0.6 is 15.9 Å². The van der Waals surface area contributed by atoms with Crippen LogP contribution in [0.2, 0.25) is 0 Å². The molecule has 0 fully saturated rings. The fraction of sp³-hybridized carbons (Fsp3) is 0.190. The van der Waals surface area contributed by atoms with E-state index in [9.17, 15) is 4.79 Å². The summed E-state index contributed by atoms with van der Waals surface area (Å²) in [5.41, 5.74) is 3.09. The number of aromatic nitrogens is 2. The van der Waals surface area contributed by atoms with Crippen molar-refractivity contribution in [2.24, 2.45) is 0 Å². The second-order valence-corrected chi connectivity index (χ2v) is 6.70. The molecule has 0 unspecified atom stereocenters. The van der Waals surface area contributed by atoms with Crippen LogP contribution in [-0.2, 0) is 13.1 Å². The van der Waals surface area contributed by atoms with E-state index in [1.54, 1.807) is 0 Å². The Balaban J connectivity index is 1.98. The van der Waals surface area contributed by atoms with Gasteiger partial charge >= 0.3 is 5.69 Å². The smallest absolute Gasteiger partial charge is 0.292 e. The molecule has 0 atom stereocenters. The summed E-state index contributed by atoms with van der Waals surface area (Å²) >= 11 is 3.58. The number of halogens is 1. The molecule has 25 heavy (non-hydrogen) atoms. The Morgan fingerprint density at radius 3 is 2.36 bits per heavy atom. The molecule has 0 bridgehead atoms. The van der Waals surface area contributed by atoms with E-state index in [2.05, 4.69) is 22.0 Å². The first-order chi connectivity index (χ1) is 12.2. The van der Waals surface area contributed by atoms with Crippen molar-refractivity contribution >= 4 is 27.0 Å². The molecular formula is C21H21BrN2O. The Kier molecular flexibility index (Phi) is 5.71. The van der Waals surface area contributed by atoms with Gasteiger partial charge in [0.1, 0.15) is 0 Å². The minimum atomic E-state index is 0.0383. The highest BCUT2D eigenvalue weighted by molar-refractivity contribution is 9.10. The molecule has 0 aliphatic carbocycles. The van der Waals surface area contributed by atoms with Crippen molar-refractivity contribution in [2.75, 3.05) is 0 Å². The predicted octanol–water partition coefficient (Wildman–Crippen LogP) is 5.14. The minimum Gasteiger partial charge on any atom is -0.292 e. The van der Waals surface area contributed by atoms with Crippen LogP contribution in [0.1, 0.15) is 18.9 Å². The number of rotatable bonds is 6. The van der Waals surface area contributed by atoms with E-state index in [1.165, 1.54) is 0 Å². The number of allylic oxidation sites excluding steroid dienone is 4. The molecule has 0 saturated heterocycles. The highest BCUT2D eigenvalue weighted by Crippen LogP contribution is 2.20. The van der Waals surface area contributed by atoms with Crippen LogP contribution in [0.3, 0.4) is 0 Å². The van der Waals surface area contributed by atoms with Gasteiger partial charge in [0.15, 0.2) is 0 Å². The summed E-state index contributed by atoms with van der Waals surface area (Å²) in [4.78, 5) is 13.0. The molecular weight excluding hydrogens is 376 g/mol. The topological polar surface area (TPSA) is 26.9 Å². The van der Waals surface area contributed by atoms with Crippen LogP contribution in [0, 0.1) is 0 Å². The van der Waals surface area contributed by atoms with E-state index < -0.39 is 0 Å². The first-order valence-electron chi connectivity index (χ1n) is 8.41. The van der Waals surface area contributed by atoms with E-state index in [4.69, 9.17) is 0 Å². The van der Waals surface area contributed by atoms with Crippen LogP contribution in [0.5, 0.6) is 0 Å². The Bertz CT molecular complexity index is 979. The number of para-hydroxylation sites is 2. The summed E-state index contributed by atoms with van der Waals surface area (Å²) in [6, 6.07) is 16.0. The van der Waals surface area contributed by atoms with Gasteiger partial charge in [-0.1, -0.05) is 70.6 Å². The van der Waals surface area contributed by atoms with E-state index in [0.29, 0.717) is 13.1 Å². The first-order valence-corrected chi connectivity index (χ1v) is 9.21.